The third kappa shape index (κ3) is 4.89. The average Bonchev–Trinajstić information content (AvgIpc) is 2.65. The van der Waals surface area contributed by atoms with Gasteiger partial charge in [0.1, 0.15) is 5.82 Å². The van der Waals surface area contributed by atoms with Crippen molar-refractivity contribution in [3.8, 4) is 0 Å². The molecule has 2 aromatic carbocycles. The molecule has 1 saturated heterocycles. The van der Waals surface area contributed by atoms with Gasteiger partial charge < -0.3 is 5.32 Å². The number of piperidine rings is 1. The van der Waals surface area contributed by atoms with Crippen molar-refractivity contribution in [2.24, 2.45) is 5.92 Å². The molecular weight excluding hydrogens is 349 g/mol. The van der Waals surface area contributed by atoms with Crippen LogP contribution in [0.5, 0.6) is 0 Å². The molecule has 142 valence electrons. The van der Waals surface area contributed by atoms with E-state index in [0.717, 1.165) is 30.5 Å². The van der Waals surface area contributed by atoms with Crippen LogP contribution in [0, 0.1) is 28.8 Å². The third-order valence-corrected chi connectivity index (χ3v) is 4.89. The minimum atomic E-state index is -0.472. The SMILES string of the molecule is Cc1ccc([N+](=O)[O-])cc1NC(=O)C1CCCN(Cc2ccc(F)cc2)C1. The lowest BCUT2D eigenvalue weighted by molar-refractivity contribution is -0.384. The van der Waals surface area contributed by atoms with Gasteiger partial charge in [0.2, 0.25) is 5.91 Å². The number of nitrogens with one attached hydrogen (secondary N) is 1. The van der Waals surface area contributed by atoms with Crippen LogP contribution in [0.15, 0.2) is 42.5 Å². The molecule has 1 unspecified atom stereocenters. The number of carbonyl (C=O) groups excluding carboxylic acids is 1. The topological polar surface area (TPSA) is 75.5 Å². The summed E-state index contributed by atoms with van der Waals surface area (Å²) >= 11 is 0. The second-order valence-electron chi connectivity index (χ2n) is 6.95. The van der Waals surface area contributed by atoms with E-state index >= 15 is 0 Å². The monoisotopic (exact) mass is 371 g/mol. The number of amides is 1. The lowest BCUT2D eigenvalue weighted by Gasteiger charge is -2.32. The zero-order chi connectivity index (χ0) is 19.4. The molecule has 7 heteroatoms. The van der Waals surface area contributed by atoms with Gasteiger partial charge in [-0.1, -0.05) is 18.2 Å². The number of likely N-dealkylation sites (tertiary alicyclic amines) is 1. The second-order valence-corrected chi connectivity index (χ2v) is 6.95. The van der Waals surface area contributed by atoms with Gasteiger partial charge in [0.25, 0.3) is 5.69 Å². The third-order valence-electron chi connectivity index (χ3n) is 4.89. The van der Waals surface area contributed by atoms with E-state index in [1.54, 1.807) is 25.1 Å². The minimum absolute atomic E-state index is 0.0440. The average molecular weight is 371 g/mol. The molecular formula is C20H22FN3O3. The summed E-state index contributed by atoms with van der Waals surface area (Å²) in [6.07, 6.45) is 1.67. The molecule has 27 heavy (non-hydrogen) atoms. The Balaban J connectivity index is 1.64. The van der Waals surface area contributed by atoms with Gasteiger partial charge in [-0.15, -0.1) is 0 Å². The molecule has 2 aromatic rings. The van der Waals surface area contributed by atoms with E-state index < -0.39 is 4.92 Å². The quantitative estimate of drug-likeness (QED) is 0.639. The summed E-state index contributed by atoms with van der Waals surface area (Å²) in [6, 6.07) is 10.8. The highest BCUT2D eigenvalue weighted by Crippen LogP contribution is 2.25. The molecule has 1 aliphatic heterocycles. The van der Waals surface area contributed by atoms with Crippen LogP contribution in [0.2, 0.25) is 0 Å². The number of halogens is 1. The van der Waals surface area contributed by atoms with Crippen LogP contribution in [-0.2, 0) is 11.3 Å². The molecule has 0 radical (unpaired) electrons. The summed E-state index contributed by atoms with van der Waals surface area (Å²) in [7, 11) is 0. The van der Waals surface area contributed by atoms with Crippen molar-refractivity contribution in [3.05, 3.63) is 69.5 Å². The zero-order valence-corrected chi connectivity index (χ0v) is 15.2. The number of benzene rings is 2. The van der Waals surface area contributed by atoms with E-state index in [9.17, 15) is 19.3 Å². The molecule has 0 aromatic heterocycles. The first kappa shape index (κ1) is 19.0. The lowest BCUT2D eigenvalue weighted by atomic mass is 9.96. The number of hydrogen-bond acceptors (Lipinski definition) is 4. The van der Waals surface area contributed by atoms with Crippen LogP contribution in [0.25, 0.3) is 0 Å². The molecule has 1 heterocycles. The van der Waals surface area contributed by atoms with E-state index in [2.05, 4.69) is 10.2 Å². The number of carbonyl (C=O) groups is 1. The molecule has 1 atom stereocenters. The van der Waals surface area contributed by atoms with Crippen LogP contribution < -0.4 is 5.32 Å². The van der Waals surface area contributed by atoms with Crippen molar-refractivity contribution in [1.82, 2.24) is 4.90 Å². The Morgan fingerprint density at radius 3 is 2.74 bits per heavy atom. The highest BCUT2D eigenvalue weighted by Gasteiger charge is 2.26. The first-order valence-electron chi connectivity index (χ1n) is 8.95. The smallest absolute Gasteiger partial charge is 0.271 e. The maximum Gasteiger partial charge on any atom is 0.271 e. The number of aryl methyl sites for hydroxylation is 1. The number of nitrogens with zero attached hydrogens (tertiary/aromatic N) is 2. The first-order valence-corrected chi connectivity index (χ1v) is 8.95. The number of anilines is 1. The van der Waals surface area contributed by atoms with Gasteiger partial charge in [0.15, 0.2) is 0 Å². The Morgan fingerprint density at radius 1 is 1.30 bits per heavy atom. The van der Waals surface area contributed by atoms with Crippen molar-refractivity contribution in [2.45, 2.75) is 26.3 Å². The molecule has 1 fully saturated rings. The lowest BCUT2D eigenvalue weighted by Crippen LogP contribution is -2.40. The number of nitro groups is 1. The van der Waals surface area contributed by atoms with Gasteiger partial charge in [-0.05, 0) is 49.6 Å². The normalized spacial score (nSPS) is 17.5. The molecule has 6 nitrogen and oxygen atoms in total. The van der Waals surface area contributed by atoms with Crippen molar-refractivity contribution >= 4 is 17.3 Å². The second kappa shape index (κ2) is 8.26. The number of nitro benzene ring substituents is 1. The fraction of sp³-hybridized carbons (Fsp3) is 0.350. The molecule has 1 N–H and O–H groups in total. The summed E-state index contributed by atoms with van der Waals surface area (Å²) < 4.78 is 13.0. The molecule has 0 saturated carbocycles. The maximum absolute atomic E-state index is 13.0. The van der Waals surface area contributed by atoms with E-state index in [1.165, 1.54) is 24.3 Å². The number of non-ortho nitro benzene ring substituents is 1. The summed E-state index contributed by atoms with van der Waals surface area (Å²) in [5.74, 6) is -0.567. The van der Waals surface area contributed by atoms with Crippen LogP contribution in [0.1, 0.15) is 24.0 Å². The first-order chi connectivity index (χ1) is 12.9. The van der Waals surface area contributed by atoms with E-state index in [-0.39, 0.29) is 23.3 Å². The molecule has 0 bridgehead atoms. The summed E-state index contributed by atoms with van der Waals surface area (Å²) in [5, 5.41) is 13.8. The van der Waals surface area contributed by atoms with Crippen molar-refractivity contribution < 1.29 is 14.1 Å². The van der Waals surface area contributed by atoms with E-state index in [4.69, 9.17) is 0 Å². The molecule has 0 aliphatic carbocycles. The van der Waals surface area contributed by atoms with Crippen molar-refractivity contribution in [1.29, 1.82) is 0 Å². The number of hydrogen-bond donors (Lipinski definition) is 1. The molecule has 0 spiro atoms. The van der Waals surface area contributed by atoms with Gasteiger partial charge >= 0.3 is 0 Å². The van der Waals surface area contributed by atoms with Crippen molar-refractivity contribution in [3.63, 3.8) is 0 Å². The van der Waals surface area contributed by atoms with Crippen LogP contribution >= 0.6 is 0 Å². The fourth-order valence-electron chi connectivity index (χ4n) is 3.35. The minimum Gasteiger partial charge on any atom is -0.325 e. The van der Waals surface area contributed by atoms with Crippen LogP contribution in [0.3, 0.4) is 0 Å². The molecule has 1 amide bonds. The summed E-state index contributed by atoms with van der Waals surface area (Å²) in [5.41, 5.74) is 2.22. The zero-order valence-electron chi connectivity index (χ0n) is 15.2. The van der Waals surface area contributed by atoms with Gasteiger partial charge in [-0.25, -0.2) is 4.39 Å². The Morgan fingerprint density at radius 2 is 2.04 bits per heavy atom. The fourth-order valence-corrected chi connectivity index (χ4v) is 3.35. The number of rotatable bonds is 5. The Kier molecular flexibility index (Phi) is 5.81. The summed E-state index contributed by atoms with van der Waals surface area (Å²) in [4.78, 5) is 25.3. The Hall–Kier alpha value is -2.80. The summed E-state index contributed by atoms with van der Waals surface area (Å²) in [6.45, 7) is 3.97. The van der Waals surface area contributed by atoms with E-state index in [0.29, 0.717) is 18.8 Å². The standard InChI is InChI=1S/C20H22FN3O3/c1-14-4-9-18(24(26)27)11-19(14)22-20(25)16-3-2-10-23(13-16)12-15-5-7-17(21)8-6-15/h4-9,11,16H,2-3,10,12-13H2,1H3,(H,22,25). The van der Waals surface area contributed by atoms with Gasteiger partial charge in [0, 0.05) is 25.2 Å². The highest BCUT2D eigenvalue weighted by atomic mass is 19.1. The molecule has 1 aliphatic rings. The van der Waals surface area contributed by atoms with Crippen molar-refractivity contribution in [2.75, 3.05) is 18.4 Å². The van der Waals surface area contributed by atoms with Crippen LogP contribution in [0.4, 0.5) is 15.8 Å². The maximum atomic E-state index is 13.0. The van der Waals surface area contributed by atoms with Gasteiger partial charge in [-0.2, -0.15) is 0 Å². The van der Waals surface area contributed by atoms with Gasteiger partial charge in [-0.3, -0.25) is 19.8 Å². The highest BCUT2D eigenvalue weighted by molar-refractivity contribution is 5.93. The Bertz CT molecular complexity index is 839. The largest absolute Gasteiger partial charge is 0.325 e. The molecule has 3 rings (SSSR count). The predicted octanol–water partition coefficient (Wildman–Crippen LogP) is 3.89. The predicted molar refractivity (Wildman–Crippen MR) is 101 cm³/mol. The van der Waals surface area contributed by atoms with Gasteiger partial charge in [0.05, 0.1) is 16.5 Å². The van der Waals surface area contributed by atoms with E-state index in [1.807, 2.05) is 0 Å². The Labute approximate surface area is 157 Å². The van der Waals surface area contributed by atoms with Crippen LogP contribution in [-0.4, -0.2) is 28.8 Å².